The molecule has 4 heteroatoms. The zero-order valence-electron chi connectivity index (χ0n) is 12.8. The van der Waals surface area contributed by atoms with E-state index in [0.717, 1.165) is 0 Å². The van der Waals surface area contributed by atoms with Gasteiger partial charge in [-0.15, -0.1) is 0 Å². The summed E-state index contributed by atoms with van der Waals surface area (Å²) in [6.07, 6.45) is -1.14. The molecule has 0 fully saturated rings. The number of carbonyl (C=O) groups excluding carboxylic acids is 1. The van der Waals surface area contributed by atoms with Gasteiger partial charge in [-0.25, -0.2) is 4.79 Å². The zero-order valence-corrected chi connectivity index (χ0v) is 12.8. The summed E-state index contributed by atoms with van der Waals surface area (Å²) < 4.78 is 16.5. The third-order valence-electron chi connectivity index (χ3n) is 2.72. The van der Waals surface area contributed by atoms with E-state index in [4.69, 9.17) is 14.2 Å². The lowest BCUT2D eigenvalue weighted by Crippen LogP contribution is -2.35. The zero-order chi connectivity index (χ0) is 15.8. The highest BCUT2D eigenvalue weighted by molar-refractivity contribution is 5.74. The molecule has 4 nitrogen and oxygen atoms in total. The lowest BCUT2D eigenvalue weighted by molar-refractivity contribution is -0.166. The van der Waals surface area contributed by atoms with Gasteiger partial charge in [0.15, 0.2) is 0 Å². The molecule has 0 amide bonds. The van der Waals surface area contributed by atoms with Gasteiger partial charge in [0.2, 0.25) is 0 Å². The Bertz CT molecular complexity index is 525. The normalized spacial score (nSPS) is 10.5. The summed E-state index contributed by atoms with van der Waals surface area (Å²) in [4.78, 5) is 12.2. The molecule has 0 saturated carbocycles. The molecule has 0 atom stereocenters. The molecule has 0 aliphatic carbocycles. The second kappa shape index (κ2) is 8.08. The van der Waals surface area contributed by atoms with Crippen molar-refractivity contribution >= 4 is 5.97 Å². The lowest BCUT2D eigenvalue weighted by Gasteiger charge is -2.19. The fourth-order valence-corrected chi connectivity index (χ4v) is 1.68. The molecule has 0 N–H and O–H groups in total. The van der Waals surface area contributed by atoms with Crippen LogP contribution in [0.5, 0.6) is 11.5 Å². The van der Waals surface area contributed by atoms with Gasteiger partial charge >= 0.3 is 12.3 Å². The number of para-hydroxylation sites is 2. The van der Waals surface area contributed by atoms with Crippen LogP contribution in [0.1, 0.15) is 13.8 Å². The molecule has 2 aromatic rings. The maximum absolute atomic E-state index is 12.2. The smallest absolute Gasteiger partial charge is 0.389 e. The van der Waals surface area contributed by atoms with Crippen molar-refractivity contribution in [3.8, 4) is 11.5 Å². The van der Waals surface area contributed by atoms with Gasteiger partial charge in [-0.05, 0) is 30.2 Å². The maximum atomic E-state index is 12.2. The number of hydrogen-bond donors (Lipinski definition) is 0. The van der Waals surface area contributed by atoms with Crippen LogP contribution < -0.4 is 9.47 Å². The average Bonchev–Trinajstić information content (AvgIpc) is 2.54. The highest BCUT2D eigenvalue weighted by atomic mass is 16.7. The standard InChI is InChI=1S/C18H20O4/c1-14(2)13-20-17(19)18(21-15-9-5-3-6-10-15)22-16-11-7-4-8-12-16/h3-12,14,18H,13H2,1-2H3. The van der Waals surface area contributed by atoms with Crippen molar-refractivity contribution in [2.75, 3.05) is 6.61 Å². The second-order valence-electron chi connectivity index (χ2n) is 5.22. The molecule has 0 spiro atoms. The topological polar surface area (TPSA) is 44.8 Å². The van der Waals surface area contributed by atoms with Crippen LogP contribution in [0, 0.1) is 5.92 Å². The molecule has 0 aromatic heterocycles. The van der Waals surface area contributed by atoms with Gasteiger partial charge in [0, 0.05) is 0 Å². The highest BCUT2D eigenvalue weighted by Gasteiger charge is 2.24. The van der Waals surface area contributed by atoms with Crippen LogP contribution in [0.25, 0.3) is 0 Å². The predicted octanol–water partition coefficient (Wildman–Crippen LogP) is 3.67. The van der Waals surface area contributed by atoms with E-state index in [1.165, 1.54) is 0 Å². The van der Waals surface area contributed by atoms with E-state index in [9.17, 15) is 4.79 Å². The predicted molar refractivity (Wildman–Crippen MR) is 83.7 cm³/mol. The minimum absolute atomic E-state index is 0.248. The van der Waals surface area contributed by atoms with Gasteiger partial charge < -0.3 is 14.2 Å². The summed E-state index contributed by atoms with van der Waals surface area (Å²) in [5, 5.41) is 0. The molecular formula is C18H20O4. The van der Waals surface area contributed by atoms with Crippen molar-refractivity contribution in [3.05, 3.63) is 60.7 Å². The molecule has 0 unspecified atom stereocenters. The third-order valence-corrected chi connectivity index (χ3v) is 2.72. The van der Waals surface area contributed by atoms with E-state index in [-0.39, 0.29) is 5.92 Å². The highest BCUT2D eigenvalue weighted by Crippen LogP contribution is 2.16. The summed E-state index contributed by atoms with van der Waals surface area (Å²) in [7, 11) is 0. The van der Waals surface area contributed by atoms with E-state index in [0.29, 0.717) is 18.1 Å². The largest absolute Gasteiger partial charge is 0.460 e. The summed E-state index contributed by atoms with van der Waals surface area (Å²) in [5.41, 5.74) is 0. The van der Waals surface area contributed by atoms with Crippen molar-refractivity contribution in [1.82, 2.24) is 0 Å². The molecule has 0 aliphatic rings. The summed E-state index contributed by atoms with van der Waals surface area (Å²) in [6, 6.07) is 18.1. The quantitative estimate of drug-likeness (QED) is 0.578. The van der Waals surface area contributed by atoms with E-state index >= 15 is 0 Å². The Hall–Kier alpha value is -2.49. The second-order valence-corrected chi connectivity index (χ2v) is 5.22. The fourth-order valence-electron chi connectivity index (χ4n) is 1.68. The van der Waals surface area contributed by atoms with Gasteiger partial charge in [-0.3, -0.25) is 0 Å². The molecule has 2 rings (SSSR count). The number of hydrogen-bond acceptors (Lipinski definition) is 4. The molecule has 116 valence electrons. The minimum atomic E-state index is -1.14. The summed E-state index contributed by atoms with van der Waals surface area (Å²) in [6.45, 7) is 4.27. The molecule has 0 aliphatic heterocycles. The number of esters is 1. The molecular weight excluding hydrogens is 280 g/mol. The van der Waals surface area contributed by atoms with Gasteiger partial charge in [0.1, 0.15) is 11.5 Å². The van der Waals surface area contributed by atoms with Crippen molar-refractivity contribution < 1.29 is 19.0 Å². The first-order valence-electron chi connectivity index (χ1n) is 7.25. The number of rotatable bonds is 7. The maximum Gasteiger partial charge on any atom is 0.389 e. The molecule has 0 radical (unpaired) electrons. The monoisotopic (exact) mass is 300 g/mol. The molecule has 2 aromatic carbocycles. The summed E-state index contributed by atoms with van der Waals surface area (Å²) >= 11 is 0. The number of carbonyl (C=O) groups is 1. The number of benzene rings is 2. The van der Waals surface area contributed by atoms with Crippen LogP contribution >= 0.6 is 0 Å². The van der Waals surface area contributed by atoms with Crippen LogP contribution in [0.2, 0.25) is 0 Å². The van der Waals surface area contributed by atoms with Crippen LogP contribution in [0.3, 0.4) is 0 Å². The van der Waals surface area contributed by atoms with E-state index in [1.54, 1.807) is 24.3 Å². The van der Waals surface area contributed by atoms with Gasteiger partial charge in [-0.2, -0.15) is 0 Å². The van der Waals surface area contributed by atoms with E-state index in [1.807, 2.05) is 50.2 Å². The first-order valence-corrected chi connectivity index (χ1v) is 7.25. The molecule has 0 heterocycles. The Morgan fingerprint density at radius 1 is 0.864 bits per heavy atom. The molecule has 22 heavy (non-hydrogen) atoms. The first kappa shape index (κ1) is 15.9. The fraction of sp³-hybridized carbons (Fsp3) is 0.278. The minimum Gasteiger partial charge on any atom is -0.460 e. The third kappa shape index (κ3) is 5.13. The Labute approximate surface area is 130 Å². The molecule has 0 saturated heterocycles. The average molecular weight is 300 g/mol. The van der Waals surface area contributed by atoms with Gasteiger partial charge in [-0.1, -0.05) is 50.2 Å². The van der Waals surface area contributed by atoms with Crippen LogP contribution in [0.4, 0.5) is 0 Å². The SMILES string of the molecule is CC(C)COC(=O)C(Oc1ccccc1)Oc1ccccc1. The Balaban J connectivity index is 2.07. The van der Waals surface area contributed by atoms with Gasteiger partial charge in [0.25, 0.3) is 0 Å². The van der Waals surface area contributed by atoms with E-state index in [2.05, 4.69) is 0 Å². The Kier molecular flexibility index (Phi) is 5.83. The van der Waals surface area contributed by atoms with Crippen molar-refractivity contribution in [3.63, 3.8) is 0 Å². The van der Waals surface area contributed by atoms with E-state index < -0.39 is 12.3 Å². The molecule has 0 bridgehead atoms. The number of ether oxygens (including phenoxy) is 3. The lowest BCUT2D eigenvalue weighted by atomic mass is 10.2. The van der Waals surface area contributed by atoms with Crippen molar-refractivity contribution in [2.45, 2.75) is 20.1 Å². The van der Waals surface area contributed by atoms with Crippen LogP contribution in [0.15, 0.2) is 60.7 Å². The first-order chi connectivity index (χ1) is 10.6. The van der Waals surface area contributed by atoms with Crippen LogP contribution in [-0.2, 0) is 9.53 Å². The summed E-state index contributed by atoms with van der Waals surface area (Å²) in [5.74, 6) is 0.800. The van der Waals surface area contributed by atoms with Crippen LogP contribution in [-0.4, -0.2) is 18.9 Å². The Morgan fingerprint density at radius 3 is 1.73 bits per heavy atom. The Morgan fingerprint density at radius 2 is 1.32 bits per heavy atom. The van der Waals surface area contributed by atoms with Gasteiger partial charge in [0.05, 0.1) is 6.61 Å². The van der Waals surface area contributed by atoms with Crippen molar-refractivity contribution in [2.24, 2.45) is 5.92 Å². The van der Waals surface area contributed by atoms with Crippen molar-refractivity contribution in [1.29, 1.82) is 0 Å².